The van der Waals surface area contributed by atoms with E-state index in [0.717, 1.165) is 5.69 Å². The van der Waals surface area contributed by atoms with Crippen molar-refractivity contribution in [2.24, 2.45) is 0 Å². The summed E-state index contributed by atoms with van der Waals surface area (Å²) >= 11 is 0. The summed E-state index contributed by atoms with van der Waals surface area (Å²) in [6.07, 6.45) is 1.21. The number of carbonyl (C=O) groups is 1. The largest absolute Gasteiger partial charge is 0.507 e. The average molecular weight is 205 g/mol. The Bertz CT molecular complexity index is 377. The summed E-state index contributed by atoms with van der Waals surface area (Å²) in [7, 11) is 3.89. The molecule has 1 N–H and O–H groups in total. The zero-order chi connectivity index (χ0) is 11.4. The maximum absolute atomic E-state index is 10.8. The number of benzene rings is 1. The van der Waals surface area contributed by atoms with Gasteiger partial charge in [-0.15, -0.1) is 0 Å². The molecule has 0 aliphatic rings. The third-order valence-electron chi connectivity index (χ3n) is 2.02. The van der Waals surface area contributed by atoms with Crippen LogP contribution in [0.4, 0.5) is 5.69 Å². The Morgan fingerprint density at radius 3 is 2.20 bits per heavy atom. The molecule has 0 heterocycles. The van der Waals surface area contributed by atoms with Gasteiger partial charge in [0.2, 0.25) is 0 Å². The van der Waals surface area contributed by atoms with Crippen LogP contribution in [0, 0.1) is 0 Å². The molecule has 0 unspecified atom stereocenters. The summed E-state index contributed by atoms with van der Waals surface area (Å²) in [4.78, 5) is 12.7. The maximum Gasteiger partial charge on any atom is 0.156 e. The number of hydrogen-bond acceptors (Lipinski definition) is 3. The van der Waals surface area contributed by atoms with Gasteiger partial charge in [0.15, 0.2) is 5.78 Å². The SMILES string of the molecule is CC(=O)C=C(O)c1ccc(N(C)C)cc1. The van der Waals surface area contributed by atoms with Crippen molar-refractivity contribution in [1.82, 2.24) is 0 Å². The molecule has 15 heavy (non-hydrogen) atoms. The fraction of sp³-hybridized carbons (Fsp3) is 0.250. The van der Waals surface area contributed by atoms with Gasteiger partial charge in [0.1, 0.15) is 5.76 Å². The van der Waals surface area contributed by atoms with Crippen LogP contribution in [0.3, 0.4) is 0 Å². The van der Waals surface area contributed by atoms with Gasteiger partial charge in [-0.1, -0.05) is 0 Å². The predicted molar refractivity (Wildman–Crippen MR) is 62.1 cm³/mol. The summed E-state index contributed by atoms with van der Waals surface area (Å²) in [6, 6.07) is 7.34. The monoisotopic (exact) mass is 205 g/mol. The second-order valence-corrected chi connectivity index (χ2v) is 3.58. The predicted octanol–water partition coefficient (Wildman–Crippen LogP) is 2.24. The molecule has 3 nitrogen and oxygen atoms in total. The number of carbonyl (C=O) groups excluding carboxylic acids is 1. The number of rotatable bonds is 3. The highest BCUT2D eigenvalue weighted by Crippen LogP contribution is 2.16. The Hall–Kier alpha value is -1.77. The molecule has 0 radical (unpaired) electrons. The van der Waals surface area contributed by atoms with E-state index in [1.807, 2.05) is 31.1 Å². The number of nitrogens with zero attached hydrogens (tertiary/aromatic N) is 1. The van der Waals surface area contributed by atoms with E-state index >= 15 is 0 Å². The molecule has 3 heteroatoms. The minimum Gasteiger partial charge on any atom is -0.507 e. The molecule has 0 saturated carbocycles. The van der Waals surface area contributed by atoms with Crippen molar-refractivity contribution in [1.29, 1.82) is 0 Å². The van der Waals surface area contributed by atoms with E-state index in [9.17, 15) is 9.90 Å². The molecular weight excluding hydrogens is 190 g/mol. The van der Waals surface area contributed by atoms with Crippen molar-refractivity contribution in [2.75, 3.05) is 19.0 Å². The minimum absolute atomic E-state index is 0.00723. The minimum atomic E-state index is -0.163. The lowest BCUT2D eigenvalue weighted by atomic mass is 10.1. The summed E-state index contributed by atoms with van der Waals surface area (Å²) in [6.45, 7) is 1.41. The molecule has 0 spiro atoms. The molecule has 0 saturated heterocycles. The quantitative estimate of drug-likeness (QED) is 0.607. The van der Waals surface area contributed by atoms with Crippen LogP contribution >= 0.6 is 0 Å². The fourth-order valence-electron chi connectivity index (χ4n) is 1.21. The van der Waals surface area contributed by atoms with Crippen molar-refractivity contribution in [2.45, 2.75) is 6.92 Å². The van der Waals surface area contributed by atoms with Gasteiger partial charge in [0, 0.05) is 31.4 Å². The molecule has 1 rings (SSSR count). The van der Waals surface area contributed by atoms with E-state index in [1.54, 1.807) is 12.1 Å². The van der Waals surface area contributed by atoms with Crippen molar-refractivity contribution in [3.05, 3.63) is 35.9 Å². The highest BCUT2D eigenvalue weighted by atomic mass is 16.3. The Balaban J connectivity index is 2.94. The molecule has 0 aliphatic carbocycles. The van der Waals surface area contributed by atoms with E-state index in [1.165, 1.54) is 13.0 Å². The number of ketones is 1. The highest BCUT2D eigenvalue weighted by molar-refractivity contribution is 5.93. The lowest BCUT2D eigenvalue weighted by molar-refractivity contribution is -0.112. The lowest BCUT2D eigenvalue weighted by Gasteiger charge is -2.12. The van der Waals surface area contributed by atoms with Crippen LogP contribution in [-0.4, -0.2) is 25.0 Å². The van der Waals surface area contributed by atoms with E-state index in [-0.39, 0.29) is 11.5 Å². The normalized spacial score (nSPS) is 11.3. The molecule has 0 amide bonds. The molecular formula is C12H15NO2. The van der Waals surface area contributed by atoms with Gasteiger partial charge in [-0.25, -0.2) is 0 Å². The van der Waals surface area contributed by atoms with Crippen LogP contribution in [0.1, 0.15) is 12.5 Å². The lowest BCUT2D eigenvalue weighted by Crippen LogP contribution is -2.08. The first kappa shape index (κ1) is 11.3. The summed E-state index contributed by atoms with van der Waals surface area (Å²) < 4.78 is 0. The Morgan fingerprint density at radius 2 is 1.80 bits per heavy atom. The van der Waals surface area contributed by atoms with Crippen LogP contribution in [0.25, 0.3) is 5.76 Å². The zero-order valence-corrected chi connectivity index (χ0v) is 9.19. The molecule has 80 valence electrons. The number of allylic oxidation sites excluding steroid dienone is 1. The number of anilines is 1. The van der Waals surface area contributed by atoms with Crippen molar-refractivity contribution in [3.8, 4) is 0 Å². The van der Waals surface area contributed by atoms with Crippen LogP contribution in [0.15, 0.2) is 30.3 Å². The van der Waals surface area contributed by atoms with Crippen LogP contribution < -0.4 is 4.90 Å². The number of hydrogen-bond donors (Lipinski definition) is 1. The molecule has 0 atom stereocenters. The summed E-state index contributed by atoms with van der Waals surface area (Å²) in [5, 5.41) is 9.55. The van der Waals surface area contributed by atoms with E-state index in [2.05, 4.69) is 0 Å². The Morgan fingerprint density at radius 1 is 1.27 bits per heavy atom. The van der Waals surface area contributed by atoms with Crippen LogP contribution in [0.5, 0.6) is 0 Å². The first-order valence-corrected chi connectivity index (χ1v) is 4.69. The van der Waals surface area contributed by atoms with Gasteiger partial charge in [-0.05, 0) is 31.2 Å². The van der Waals surface area contributed by atoms with Crippen molar-refractivity contribution < 1.29 is 9.90 Å². The standard InChI is InChI=1S/C12H15NO2/c1-9(14)8-12(15)10-4-6-11(7-5-10)13(2)3/h4-8,15H,1-3H3. The van der Waals surface area contributed by atoms with Gasteiger partial charge < -0.3 is 10.0 Å². The maximum atomic E-state index is 10.8. The van der Waals surface area contributed by atoms with Gasteiger partial charge >= 0.3 is 0 Å². The first-order valence-electron chi connectivity index (χ1n) is 4.69. The van der Waals surface area contributed by atoms with Gasteiger partial charge in [-0.3, -0.25) is 4.79 Å². The smallest absolute Gasteiger partial charge is 0.156 e. The van der Waals surface area contributed by atoms with Gasteiger partial charge in [0.05, 0.1) is 0 Å². The number of aliphatic hydroxyl groups excluding tert-OH is 1. The topological polar surface area (TPSA) is 40.5 Å². The Kier molecular flexibility index (Phi) is 3.50. The van der Waals surface area contributed by atoms with E-state index < -0.39 is 0 Å². The van der Waals surface area contributed by atoms with Crippen LogP contribution in [-0.2, 0) is 4.79 Å². The average Bonchev–Trinajstić information content (AvgIpc) is 2.17. The summed E-state index contributed by atoms with van der Waals surface area (Å²) in [5.41, 5.74) is 1.70. The second kappa shape index (κ2) is 4.64. The third kappa shape index (κ3) is 3.13. The molecule has 1 aromatic rings. The summed E-state index contributed by atoms with van der Waals surface area (Å²) in [5.74, 6) is -0.156. The highest BCUT2D eigenvalue weighted by Gasteiger charge is 2.01. The van der Waals surface area contributed by atoms with Gasteiger partial charge in [-0.2, -0.15) is 0 Å². The molecule has 0 aromatic heterocycles. The van der Waals surface area contributed by atoms with Crippen LogP contribution in [0.2, 0.25) is 0 Å². The molecule has 0 fully saturated rings. The first-order chi connectivity index (χ1) is 7.00. The molecule has 0 aliphatic heterocycles. The van der Waals surface area contributed by atoms with E-state index in [4.69, 9.17) is 0 Å². The molecule has 0 bridgehead atoms. The number of aliphatic hydroxyl groups is 1. The van der Waals surface area contributed by atoms with E-state index in [0.29, 0.717) is 5.56 Å². The van der Waals surface area contributed by atoms with Crippen molar-refractivity contribution in [3.63, 3.8) is 0 Å². The Labute approximate surface area is 89.6 Å². The fourth-order valence-corrected chi connectivity index (χ4v) is 1.21. The van der Waals surface area contributed by atoms with Crippen molar-refractivity contribution >= 4 is 17.2 Å². The zero-order valence-electron chi connectivity index (χ0n) is 9.19. The third-order valence-corrected chi connectivity index (χ3v) is 2.02. The molecule has 1 aromatic carbocycles. The van der Waals surface area contributed by atoms with Gasteiger partial charge in [0.25, 0.3) is 0 Å². The second-order valence-electron chi connectivity index (χ2n) is 3.58.